The number of nitrogens with two attached hydrogens (primary N) is 1. The van der Waals surface area contributed by atoms with E-state index < -0.39 is 11.6 Å². The Labute approximate surface area is 101 Å². The van der Waals surface area contributed by atoms with E-state index in [4.69, 9.17) is 5.73 Å². The van der Waals surface area contributed by atoms with Crippen molar-refractivity contribution in [2.45, 2.75) is 25.8 Å². The maximum absolute atomic E-state index is 13.0. The van der Waals surface area contributed by atoms with Gasteiger partial charge < -0.3 is 10.6 Å². The zero-order valence-electron chi connectivity index (χ0n) is 10.4. The molecule has 0 radical (unpaired) electrons. The molecule has 1 unspecified atom stereocenters. The van der Waals surface area contributed by atoms with E-state index in [1.54, 1.807) is 6.07 Å². The van der Waals surface area contributed by atoms with Crippen molar-refractivity contribution in [1.29, 1.82) is 0 Å². The summed E-state index contributed by atoms with van der Waals surface area (Å²) in [6.45, 7) is 3.71. The number of benzene rings is 1. The van der Waals surface area contributed by atoms with Gasteiger partial charge in [0.05, 0.1) is 0 Å². The lowest BCUT2D eigenvalue weighted by Crippen LogP contribution is -2.27. The molecule has 1 aromatic rings. The topological polar surface area (TPSA) is 29.3 Å². The summed E-state index contributed by atoms with van der Waals surface area (Å²) in [6.07, 6.45) is 1.65. The summed E-state index contributed by atoms with van der Waals surface area (Å²) in [4.78, 5) is 2.14. The third-order valence-corrected chi connectivity index (χ3v) is 2.73. The van der Waals surface area contributed by atoms with Crippen LogP contribution < -0.4 is 5.73 Å². The molecule has 1 aromatic carbocycles. The minimum absolute atomic E-state index is 0.195. The lowest BCUT2D eigenvalue weighted by molar-refractivity contribution is 0.324. The highest BCUT2D eigenvalue weighted by Gasteiger charge is 2.04. The first kappa shape index (κ1) is 14.1. The fourth-order valence-electron chi connectivity index (χ4n) is 1.55. The molecule has 1 rings (SSSR count). The predicted octanol–water partition coefficient (Wildman–Crippen LogP) is 2.18. The Morgan fingerprint density at radius 3 is 2.53 bits per heavy atom. The first-order chi connectivity index (χ1) is 7.99. The summed E-state index contributed by atoms with van der Waals surface area (Å²) >= 11 is 0. The monoisotopic (exact) mass is 242 g/mol. The average molecular weight is 242 g/mol. The molecule has 0 heterocycles. The van der Waals surface area contributed by atoms with Crippen LogP contribution in [0.4, 0.5) is 8.78 Å². The van der Waals surface area contributed by atoms with Crippen molar-refractivity contribution in [3.8, 4) is 0 Å². The number of rotatable bonds is 6. The highest BCUT2D eigenvalue weighted by Crippen LogP contribution is 2.09. The van der Waals surface area contributed by atoms with Crippen molar-refractivity contribution in [3.05, 3.63) is 35.4 Å². The molecular weight excluding hydrogens is 222 g/mol. The van der Waals surface area contributed by atoms with Crippen LogP contribution in [0.15, 0.2) is 18.2 Å². The van der Waals surface area contributed by atoms with E-state index in [9.17, 15) is 8.78 Å². The van der Waals surface area contributed by atoms with Crippen molar-refractivity contribution in [1.82, 2.24) is 4.90 Å². The number of likely N-dealkylation sites (N-methyl/N-ethyl adjacent to an activating group) is 1. The summed E-state index contributed by atoms with van der Waals surface area (Å²) in [5, 5.41) is 0. The van der Waals surface area contributed by atoms with Crippen molar-refractivity contribution >= 4 is 0 Å². The largest absolute Gasteiger partial charge is 0.328 e. The number of hydrogen-bond donors (Lipinski definition) is 1. The molecule has 0 bridgehead atoms. The molecule has 0 fully saturated rings. The van der Waals surface area contributed by atoms with Gasteiger partial charge in [-0.2, -0.15) is 0 Å². The van der Waals surface area contributed by atoms with Gasteiger partial charge in [0.1, 0.15) is 0 Å². The molecule has 0 spiro atoms. The molecule has 2 N–H and O–H groups in total. The van der Waals surface area contributed by atoms with Gasteiger partial charge in [-0.25, -0.2) is 8.78 Å². The molecule has 0 amide bonds. The Morgan fingerprint density at radius 1 is 1.24 bits per heavy atom. The fourth-order valence-corrected chi connectivity index (χ4v) is 1.55. The van der Waals surface area contributed by atoms with Crippen LogP contribution in [0, 0.1) is 11.6 Å². The fraction of sp³-hybridized carbons (Fsp3) is 0.538. The first-order valence-electron chi connectivity index (χ1n) is 5.87. The van der Waals surface area contributed by atoms with Gasteiger partial charge in [-0.15, -0.1) is 0 Å². The number of halogens is 2. The van der Waals surface area contributed by atoms with Crippen LogP contribution in [-0.2, 0) is 6.42 Å². The van der Waals surface area contributed by atoms with Gasteiger partial charge in [-0.05, 0) is 51.1 Å². The highest BCUT2D eigenvalue weighted by molar-refractivity contribution is 5.18. The van der Waals surface area contributed by atoms with Crippen LogP contribution in [0.5, 0.6) is 0 Å². The Kier molecular flexibility index (Phi) is 5.51. The maximum atomic E-state index is 13.0. The van der Waals surface area contributed by atoms with Gasteiger partial charge in [0, 0.05) is 12.6 Å². The van der Waals surface area contributed by atoms with Crippen LogP contribution in [0.2, 0.25) is 0 Å². The van der Waals surface area contributed by atoms with E-state index in [0.29, 0.717) is 6.42 Å². The maximum Gasteiger partial charge on any atom is 0.159 e. The molecule has 4 heteroatoms. The number of hydrogen-bond acceptors (Lipinski definition) is 2. The van der Waals surface area contributed by atoms with E-state index in [0.717, 1.165) is 25.1 Å². The lowest BCUT2D eigenvalue weighted by atomic mass is 10.1. The van der Waals surface area contributed by atoms with Crippen molar-refractivity contribution in [2.24, 2.45) is 5.73 Å². The van der Waals surface area contributed by atoms with E-state index in [2.05, 4.69) is 4.90 Å². The average Bonchev–Trinajstić information content (AvgIpc) is 2.28. The summed E-state index contributed by atoms with van der Waals surface area (Å²) < 4.78 is 25.7. The molecule has 0 aromatic heterocycles. The van der Waals surface area contributed by atoms with Crippen molar-refractivity contribution in [3.63, 3.8) is 0 Å². The van der Waals surface area contributed by atoms with E-state index in [-0.39, 0.29) is 6.04 Å². The third-order valence-electron chi connectivity index (χ3n) is 2.73. The molecule has 0 saturated carbocycles. The normalized spacial score (nSPS) is 13.1. The molecule has 96 valence electrons. The molecular formula is C13H20F2N2. The zero-order chi connectivity index (χ0) is 12.8. The van der Waals surface area contributed by atoms with Crippen LogP contribution in [0.25, 0.3) is 0 Å². The minimum Gasteiger partial charge on any atom is -0.328 e. The highest BCUT2D eigenvalue weighted by atomic mass is 19.2. The van der Waals surface area contributed by atoms with E-state index in [1.165, 1.54) is 12.1 Å². The minimum atomic E-state index is -0.793. The molecule has 0 saturated heterocycles. The van der Waals surface area contributed by atoms with E-state index >= 15 is 0 Å². The summed E-state index contributed by atoms with van der Waals surface area (Å²) in [6, 6.07) is 4.25. The van der Waals surface area contributed by atoms with Gasteiger partial charge in [0.2, 0.25) is 0 Å². The quantitative estimate of drug-likeness (QED) is 0.828. The molecule has 17 heavy (non-hydrogen) atoms. The molecule has 0 aliphatic rings. The van der Waals surface area contributed by atoms with Gasteiger partial charge in [-0.1, -0.05) is 6.07 Å². The summed E-state index contributed by atoms with van der Waals surface area (Å²) in [5.74, 6) is -1.57. The van der Waals surface area contributed by atoms with Gasteiger partial charge in [0.25, 0.3) is 0 Å². The van der Waals surface area contributed by atoms with Crippen LogP contribution >= 0.6 is 0 Å². The smallest absolute Gasteiger partial charge is 0.159 e. The summed E-state index contributed by atoms with van der Waals surface area (Å²) in [7, 11) is 2.00. The van der Waals surface area contributed by atoms with Crippen LogP contribution in [-0.4, -0.2) is 31.1 Å². The molecule has 2 nitrogen and oxygen atoms in total. The SMILES string of the molecule is CC(N)CCN(C)CCc1ccc(F)c(F)c1. The van der Waals surface area contributed by atoms with E-state index in [1.807, 2.05) is 14.0 Å². The Balaban J connectivity index is 2.36. The molecule has 0 aliphatic carbocycles. The van der Waals surface area contributed by atoms with Crippen molar-refractivity contribution in [2.75, 3.05) is 20.1 Å². The standard InChI is InChI=1S/C13H20F2N2/c1-10(16)5-7-17(2)8-6-11-3-4-12(14)13(15)9-11/h3-4,9-10H,5-8,16H2,1-2H3. The van der Waals surface area contributed by atoms with Crippen LogP contribution in [0.3, 0.4) is 0 Å². The Bertz CT molecular complexity index is 353. The van der Waals surface area contributed by atoms with Crippen LogP contribution in [0.1, 0.15) is 18.9 Å². The predicted molar refractivity (Wildman–Crippen MR) is 65.8 cm³/mol. The molecule has 1 atom stereocenters. The second-order valence-electron chi connectivity index (χ2n) is 4.57. The number of nitrogens with zero attached hydrogens (tertiary/aromatic N) is 1. The first-order valence-corrected chi connectivity index (χ1v) is 5.87. The lowest BCUT2D eigenvalue weighted by Gasteiger charge is -2.17. The zero-order valence-corrected chi connectivity index (χ0v) is 10.4. The second kappa shape index (κ2) is 6.67. The summed E-state index contributed by atoms with van der Waals surface area (Å²) in [5.41, 5.74) is 6.48. The Hall–Kier alpha value is -1.00. The third kappa shape index (κ3) is 5.24. The van der Waals surface area contributed by atoms with Crippen molar-refractivity contribution < 1.29 is 8.78 Å². The Morgan fingerprint density at radius 2 is 1.94 bits per heavy atom. The van der Waals surface area contributed by atoms with Gasteiger partial charge >= 0.3 is 0 Å². The van der Waals surface area contributed by atoms with Gasteiger partial charge in [-0.3, -0.25) is 0 Å². The second-order valence-corrected chi connectivity index (χ2v) is 4.57. The van der Waals surface area contributed by atoms with Gasteiger partial charge in [0.15, 0.2) is 11.6 Å². The molecule has 0 aliphatic heterocycles.